The van der Waals surface area contributed by atoms with Crippen molar-refractivity contribution in [1.82, 2.24) is 14.9 Å². The molecule has 0 saturated heterocycles. The lowest BCUT2D eigenvalue weighted by Gasteiger charge is -2.05. The molecular weight excluding hydrogens is 246 g/mol. The van der Waals surface area contributed by atoms with Crippen molar-refractivity contribution in [3.05, 3.63) is 28.9 Å². The number of hydrogen-bond donors (Lipinski definition) is 1. The van der Waals surface area contributed by atoms with Crippen LogP contribution >= 0.6 is 0 Å². The van der Waals surface area contributed by atoms with Crippen LogP contribution in [0.3, 0.4) is 0 Å². The number of nitrogens with one attached hydrogen (secondary N) is 1. The highest BCUT2D eigenvalue weighted by Crippen LogP contribution is 2.07. The fourth-order valence-electron chi connectivity index (χ4n) is 1.86. The molecule has 0 aliphatic rings. The zero-order valence-corrected chi connectivity index (χ0v) is 11.1. The first-order valence-corrected chi connectivity index (χ1v) is 6.55. The average molecular weight is 265 g/mol. The van der Waals surface area contributed by atoms with Crippen LogP contribution in [0, 0.1) is 0 Å². The second kappa shape index (κ2) is 7.06. The summed E-state index contributed by atoms with van der Waals surface area (Å²) >= 11 is 0. The van der Waals surface area contributed by atoms with E-state index in [9.17, 15) is 4.79 Å². The van der Waals surface area contributed by atoms with Gasteiger partial charge in [0.25, 0.3) is 0 Å². The number of fused-ring (bicyclic) bond motifs is 1. The van der Waals surface area contributed by atoms with Gasteiger partial charge in [0.2, 0.25) is 0 Å². The maximum absolute atomic E-state index is 11.7. The number of ether oxygens (including phenoxy) is 1. The Bertz CT molecular complexity index is 562. The molecule has 104 valence electrons. The fraction of sp³-hybridized carbons (Fsp3) is 0.538. The molecule has 0 spiro atoms. The third kappa shape index (κ3) is 3.65. The second-order valence-corrected chi connectivity index (χ2v) is 4.15. The standard InChI is InChI=1S/C13H19N3O3/c1-2-18-10-4-6-14-8-9-16-12-11(19-13(16)17)5-3-7-15-12/h3,5,7,14H,2,4,6,8-10H2,1H3. The summed E-state index contributed by atoms with van der Waals surface area (Å²) < 4.78 is 11.9. The van der Waals surface area contributed by atoms with E-state index < -0.39 is 0 Å². The molecule has 0 aliphatic carbocycles. The van der Waals surface area contributed by atoms with Crippen LogP contribution in [0.25, 0.3) is 11.2 Å². The van der Waals surface area contributed by atoms with Crippen molar-refractivity contribution in [2.75, 3.05) is 26.3 Å². The van der Waals surface area contributed by atoms with Gasteiger partial charge in [0.05, 0.1) is 0 Å². The summed E-state index contributed by atoms with van der Waals surface area (Å²) in [7, 11) is 0. The highest BCUT2D eigenvalue weighted by atomic mass is 16.5. The van der Waals surface area contributed by atoms with Gasteiger partial charge in [0.1, 0.15) is 0 Å². The van der Waals surface area contributed by atoms with E-state index in [4.69, 9.17) is 9.15 Å². The molecule has 0 bridgehead atoms. The number of aromatic nitrogens is 2. The van der Waals surface area contributed by atoms with Crippen molar-refractivity contribution < 1.29 is 9.15 Å². The normalized spacial score (nSPS) is 11.2. The van der Waals surface area contributed by atoms with Crippen LogP contribution in [0.5, 0.6) is 0 Å². The zero-order valence-electron chi connectivity index (χ0n) is 11.1. The summed E-state index contributed by atoms with van der Waals surface area (Å²) in [5.41, 5.74) is 1.13. The molecule has 1 N–H and O–H groups in total. The zero-order chi connectivity index (χ0) is 13.5. The molecule has 0 aliphatic heterocycles. The minimum absolute atomic E-state index is 0.357. The molecule has 2 aromatic rings. The van der Waals surface area contributed by atoms with Gasteiger partial charge < -0.3 is 14.5 Å². The van der Waals surface area contributed by atoms with Crippen molar-refractivity contribution in [2.45, 2.75) is 19.9 Å². The summed E-state index contributed by atoms with van der Waals surface area (Å²) in [4.78, 5) is 15.8. The van der Waals surface area contributed by atoms with E-state index in [2.05, 4.69) is 10.3 Å². The highest BCUT2D eigenvalue weighted by molar-refractivity contribution is 5.67. The smallest absolute Gasteiger partial charge is 0.406 e. The maximum Gasteiger partial charge on any atom is 0.421 e. The Labute approximate surface area is 111 Å². The van der Waals surface area contributed by atoms with Gasteiger partial charge in [0, 0.05) is 32.5 Å². The van der Waals surface area contributed by atoms with E-state index in [1.54, 1.807) is 22.9 Å². The molecule has 0 atom stereocenters. The SMILES string of the molecule is CCOCCCNCCn1c(=O)oc2cccnc21. The third-order valence-corrected chi connectivity index (χ3v) is 2.78. The van der Waals surface area contributed by atoms with Gasteiger partial charge in [-0.1, -0.05) is 0 Å². The van der Waals surface area contributed by atoms with E-state index in [1.807, 2.05) is 6.92 Å². The summed E-state index contributed by atoms with van der Waals surface area (Å²) in [5.74, 6) is -0.357. The van der Waals surface area contributed by atoms with E-state index in [1.165, 1.54) is 0 Å². The molecule has 0 saturated carbocycles. The second-order valence-electron chi connectivity index (χ2n) is 4.15. The van der Waals surface area contributed by atoms with E-state index in [0.717, 1.165) is 26.2 Å². The van der Waals surface area contributed by atoms with Gasteiger partial charge in [-0.15, -0.1) is 0 Å². The van der Waals surface area contributed by atoms with Gasteiger partial charge in [-0.05, 0) is 32.0 Å². The number of nitrogens with zero attached hydrogens (tertiary/aromatic N) is 2. The fourth-order valence-corrected chi connectivity index (χ4v) is 1.86. The predicted molar refractivity (Wildman–Crippen MR) is 72.2 cm³/mol. The Morgan fingerprint density at radius 2 is 2.37 bits per heavy atom. The Balaban J connectivity index is 1.82. The first kappa shape index (κ1) is 13.8. The molecule has 6 nitrogen and oxygen atoms in total. The van der Waals surface area contributed by atoms with E-state index in [-0.39, 0.29) is 5.76 Å². The summed E-state index contributed by atoms with van der Waals surface area (Å²) in [6.45, 7) is 5.63. The Kier molecular flexibility index (Phi) is 5.11. The van der Waals surface area contributed by atoms with Gasteiger partial charge >= 0.3 is 5.76 Å². The van der Waals surface area contributed by atoms with Crippen molar-refractivity contribution in [3.63, 3.8) is 0 Å². The number of pyridine rings is 1. The van der Waals surface area contributed by atoms with Crippen molar-refractivity contribution in [2.24, 2.45) is 0 Å². The molecule has 2 rings (SSSR count). The topological polar surface area (TPSA) is 69.3 Å². The first-order valence-electron chi connectivity index (χ1n) is 6.55. The minimum Gasteiger partial charge on any atom is -0.406 e. The first-order chi connectivity index (χ1) is 9.33. The van der Waals surface area contributed by atoms with Crippen LogP contribution in [-0.4, -0.2) is 35.9 Å². The molecule has 0 amide bonds. The molecular formula is C13H19N3O3. The van der Waals surface area contributed by atoms with Crippen molar-refractivity contribution in [3.8, 4) is 0 Å². The molecule has 0 aromatic carbocycles. The highest BCUT2D eigenvalue weighted by Gasteiger charge is 2.08. The van der Waals surface area contributed by atoms with Crippen LogP contribution in [0.4, 0.5) is 0 Å². The number of oxazole rings is 1. The van der Waals surface area contributed by atoms with Crippen LogP contribution in [-0.2, 0) is 11.3 Å². The molecule has 0 unspecified atom stereocenters. The molecule has 2 heterocycles. The summed E-state index contributed by atoms with van der Waals surface area (Å²) in [6, 6.07) is 3.50. The van der Waals surface area contributed by atoms with E-state index >= 15 is 0 Å². The van der Waals surface area contributed by atoms with Gasteiger partial charge in [-0.25, -0.2) is 9.78 Å². The Hall–Kier alpha value is -1.66. The lowest BCUT2D eigenvalue weighted by Crippen LogP contribution is -2.26. The lowest BCUT2D eigenvalue weighted by atomic mass is 10.4. The summed E-state index contributed by atoms with van der Waals surface area (Å²) in [6.07, 6.45) is 2.62. The van der Waals surface area contributed by atoms with Crippen molar-refractivity contribution in [1.29, 1.82) is 0 Å². The predicted octanol–water partition coefficient (Wildman–Crippen LogP) is 1.01. The Morgan fingerprint density at radius 3 is 3.21 bits per heavy atom. The van der Waals surface area contributed by atoms with Crippen LogP contribution < -0.4 is 11.1 Å². The third-order valence-electron chi connectivity index (χ3n) is 2.78. The maximum atomic E-state index is 11.7. The number of hydrogen-bond acceptors (Lipinski definition) is 5. The van der Waals surface area contributed by atoms with Gasteiger partial charge in [-0.3, -0.25) is 4.57 Å². The van der Waals surface area contributed by atoms with Gasteiger partial charge in [0.15, 0.2) is 11.2 Å². The van der Waals surface area contributed by atoms with E-state index in [0.29, 0.717) is 24.3 Å². The quantitative estimate of drug-likeness (QED) is 0.721. The average Bonchev–Trinajstić information content (AvgIpc) is 2.74. The largest absolute Gasteiger partial charge is 0.421 e. The van der Waals surface area contributed by atoms with Crippen molar-refractivity contribution >= 4 is 11.2 Å². The molecule has 2 aromatic heterocycles. The molecule has 0 radical (unpaired) electrons. The van der Waals surface area contributed by atoms with Crippen LogP contribution in [0.2, 0.25) is 0 Å². The van der Waals surface area contributed by atoms with Gasteiger partial charge in [-0.2, -0.15) is 0 Å². The van der Waals surface area contributed by atoms with Crippen LogP contribution in [0.1, 0.15) is 13.3 Å². The van der Waals surface area contributed by atoms with Crippen LogP contribution in [0.15, 0.2) is 27.5 Å². The molecule has 0 fully saturated rings. The molecule has 19 heavy (non-hydrogen) atoms. The summed E-state index contributed by atoms with van der Waals surface area (Å²) in [5, 5.41) is 3.27. The molecule has 6 heteroatoms. The monoisotopic (exact) mass is 265 g/mol. The Morgan fingerprint density at radius 1 is 1.47 bits per heavy atom. The lowest BCUT2D eigenvalue weighted by molar-refractivity contribution is 0.145. The number of rotatable bonds is 8. The minimum atomic E-state index is -0.357.